The highest BCUT2D eigenvalue weighted by Crippen LogP contribution is 2.20. The largest absolute Gasteiger partial charge is 0.494 e. The van der Waals surface area contributed by atoms with E-state index in [0.29, 0.717) is 18.9 Å². The lowest BCUT2D eigenvalue weighted by atomic mass is 9.94. The van der Waals surface area contributed by atoms with Gasteiger partial charge in [0, 0.05) is 12.6 Å². The zero-order valence-corrected chi connectivity index (χ0v) is 12.2. The number of ether oxygens (including phenoxy) is 2. The first-order chi connectivity index (χ1) is 8.99. The highest BCUT2D eigenvalue weighted by molar-refractivity contribution is 5.29. The summed E-state index contributed by atoms with van der Waals surface area (Å²) in [6.07, 6.45) is 0.569. The molecule has 0 amide bonds. The van der Waals surface area contributed by atoms with Crippen LogP contribution in [0.3, 0.4) is 0 Å². The van der Waals surface area contributed by atoms with Crippen molar-refractivity contribution in [2.45, 2.75) is 39.3 Å². The average molecular weight is 269 g/mol. The minimum Gasteiger partial charge on any atom is -0.494 e. The molecule has 4 heteroatoms. The van der Waals surface area contributed by atoms with Gasteiger partial charge in [0.2, 0.25) is 0 Å². The van der Waals surface area contributed by atoms with Gasteiger partial charge in [-0.05, 0) is 37.0 Å². The second-order valence-electron chi connectivity index (χ2n) is 5.00. The summed E-state index contributed by atoms with van der Waals surface area (Å²) >= 11 is 0. The molecule has 0 aliphatic carbocycles. The molecule has 19 heavy (non-hydrogen) atoms. The highest BCUT2D eigenvalue weighted by Gasteiger charge is 2.22. The Labute approximate surface area is 114 Å². The molecule has 0 spiro atoms. The summed E-state index contributed by atoms with van der Waals surface area (Å²) in [5.74, 6) is 0.227. The van der Waals surface area contributed by atoms with Crippen molar-refractivity contribution in [3.05, 3.63) is 29.6 Å². The lowest BCUT2D eigenvalue weighted by Crippen LogP contribution is -2.42. The molecule has 2 N–H and O–H groups in total. The lowest BCUT2D eigenvalue weighted by molar-refractivity contribution is 0.0127. The molecule has 1 aromatic carbocycles. The standard InChI is InChI=1S/C15H24FNO2/c1-5-19-15(10(2)3)13(17)9-11-6-7-14(18-4)12(16)8-11/h6-8,10,13,15H,5,9,17H2,1-4H3. The Morgan fingerprint density at radius 1 is 1.32 bits per heavy atom. The Morgan fingerprint density at radius 3 is 2.47 bits per heavy atom. The van der Waals surface area contributed by atoms with Gasteiger partial charge in [-0.3, -0.25) is 0 Å². The first kappa shape index (κ1) is 15.9. The van der Waals surface area contributed by atoms with E-state index in [2.05, 4.69) is 13.8 Å². The molecule has 3 nitrogen and oxygen atoms in total. The Bertz CT molecular complexity index is 396. The molecule has 0 aliphatic rings. The third kappa shape index (κ3) is 4.48. The van der Waals surface area contributed by atoms with E-state index >= 15 is 0 Å². The van der Waals surface area contributed by atoms with Crippen LogP contribution in [-0.2, 0) is 11.2 Å². The Kier molecular flexibility index (Phi) is 6.25. The van der Waals surface area contributed by atoms with Crippen LogP contribution in [0.2, 0.25) is 0 Å². The number of methoxy groups -OCH3 is 1. The normalized spacial score (nSPS) is 14.5. The SMILES string of the molecule is CCOC(C(C)C)C(N)Cc1ccc(OC)c(F)c1. The van der Waals surface area contributed by atoms with Gasteiger partial charge in [-0.25, -0.2) is 4.39 Å². The molecule has 1 rings (SSSR count). The fraction of sp³-hybridized carbons (Fsp3) is 0.600. The first-order valence-corrected chi connectivity index (χ1v) is 6.69. The molecule has 0 saturated heterocycles. The fourth-order valence-corrected chi connectivity index (χ4v) is 2.23. The lowest BCUT2D eigenvalue weighted by Gasteiger charge is -2.27. The van der Waals surface area contributed by atoms with Gasteiger partial charge in [-0.15, -0.1) is 0 Å². The quantitative estimate of drug-likeness (QED) is 0.828. The van der Waals surface area contributed by atoms with E-state index in [1.54, 1.807) is 6.07 Å². The highest BCUT2D eigenvalue weighted by atomic mass is 19.1. The van der Waals surface area contributed by atoms with Crippen molar-refractivity contribution >= 4 is 0 Å². The van der Waals surface area contributed by atoms with Gasteiger partial charge in [-0.2, -0.15) is 0 Å². The smallest absolute Gasteiger partial charge is 0.165 e. The van der Waals surface area contributed by atoms with Crippen LogP contribution in [0.15, 0.2) is 18.2 Å². The zero-order valence-electron chi connectivity index (χ0n) is 12.2. The molecule has 0 heterocycles. The predicted molar refractivity (Wildman–Crippen MR) is 74.9 cm³/mol. The van der Waals surface area contributed by atoms with Gasteiger partial charge in [0.05, 0.1) is 13.2 Å². The van der Waals surface area contributed by atoms with E-state index in [1.165, 1.54) is 13.2 Å². The summed E-state index contributed by atoms with van der Waals surface area (Å²) in [5.41, 5.74) is 7.04. The molecule has 0 aliphatic heterocycles. The topological polar surface area (TPSA) is 44.5 Å². The van der Waals surface area contributed by atoms with Gasteiger partial charge < -0.3 is 15.2 Å². The van der Waals surface area contributed by atoms with Gasteiger partial charge in [0.1, 0.15) is 0 Å². The van der Waals surface area contributed by atoms with Crippen LogP contribution in [0.25, 0.3) is 0 Å². The van der Waals surface area contributed by atoms with E-state index in [-0.39, 0.29) is 23.7 Å². The molecule has 0 bridgehead atoms. The van der Waals surface area contributed by atoms with E-state index < -0.39 is 0 Å². The van der Waals surface area contributed by atoms with E-state index in [0.717, 1.165) is 5.56 Å². The first-order valence-electron chi connectivity index (χ1n) is 6.69. The van der Waals surface area contributed by atoms with Gasteiger partial charge in [-0.1, -0.05) is 19.9 Å². The molecular formula is C15H24FNO2. The van der Waals surface area contributed by atoms with Crippen LogP contribution in [0.1, 0.15) is 26.3 Å². The van der Waals surface area contributed by atoms with Crippen molar-refractivity contribution in [2.24, 2.45) is 11.7 Å². The van der Waals surface area contributed by atoms with Crippen molar-refractivity contribution < 1.29 is 13.9 Å². The van der Waals surface area contributed by atoms with E-state index in [4.69, 9.17) is 15.2 Å². The number of hydrogen-bond acceptors (Lipinski definition) is 3. The number of nitrogens with two attached hydrogens (primary N) is 1. The molecule has 2 unspecified atom stereocenters. The van der Waals surface area contributed by atoms with Crippen molar-refractivity contribution in [3.63, 3.8) is 0 Å². The molecule has 0 saturated carbocycles. The maximum absolute atomic E-state index is 13.6. The summed E-state index contributed by atoms with van der Waals surface area (Å²) in [7, 11) is 1.45. The van der Waals surface area contributed by atoms with Gasteiger partial charge >= 0.3 is 0 Å². The minimum absolute atomic E-state index is 0.0184. The second-order valence-corrected chi connectivity index (χ2v) is 5.00. The van der Waals surface area contributed by atoms with Crippen molar-refractivity contribution in [1.29, 1.82) is 0 Å². The summed E-state index contributed by atoms with van der Waals surface area (Å²) in [6, 6.07) is 4.79. The van der Waals surface area contributed by atoms with Crippen molar-refractivity contribution in [2.75, 3.05) is 13.7 Å². The van der Waals surface area contributed by atoms with Crippen molar-refractivity contribution in [3.8, 4) is 5.75 Å². The monoisotopic (exact) mass is 269 g/mol. The number of halogens is 1. The molecule has 0 fully saturated rings. The predicted octanol–water partition coefficient (Wildman–Crippen LogP) is 2.77. The molecule has 108 valence electrons. The molecule has 2 atom stereocenters. The summed E-state index contributed by atoms with van der Waals surface area (Å²) in [4.78, 5) is 0. The van der Waals surface area contributed by atoms with E-state index in [1.807, 2.05) is 13.0 Å². The maximum Gasteiger partial charge on any atom is 0.165 e. The van der Waals surface area contributed by atoms with Crippen LogP contribution >= 0.6 is 0 Å². The van der Waals surface area contributed by atoms with E-state index in [9.17, 15) is 4.39 Å². The van der Waals surface area contributed by atoms with Gasteiger partial charge in [0.25, 0.3) is 0 Å². The summed E-state index contributed by atoms with van der Waals surface area (Å²) in [5, 5.41) is 0. The second kappa shape index (κ2) is 7.46. The average Bonchev–Trinajstić information content (AvgIpc) is 2.35. The Balaban J connectivity index is 2.74. The Hall–Kier alpha value is -1.13. The molecule has 0 aromatic heterocycles. The molecular weight excluding hydrogens is 245 g/mol. The summed E-state index contributed by atoms with van der Waals surface area (Å²) < 4.78 is 24.2. The third-order valence-electron chi connectivity index (χ3n) is 3.13. The van der Waals surface area contributed by atoms with Gasteiger partial charge in [0.15, 0.2) is 11.6 Å². The van der Waals surface area contributed by atoms with Crippen LogP contribution in [0, 0.1) is 11.7 Å². The van der Waals surface area contributed by atoms with Crippen LogP contribution < -0.4 is 10.5 Å². The fourth-order valence-electron chi connectivity index (χ4n) is 2.23. The van der Waals surface area contributed by atoms with Crippen LogP contribution in [0.5, 0.6) is 5.75 Å². The Morgan fingerprint density at radius 2 is 2.00 bits per heavy atom. The van der Waals surface area contributed by atoms with Crippen LogP contribution in [0.4, 0.5) is 4.39 Å². The minimum atomic E-state index is -0.357. The zero-order chi connectivity index (χ0) is 14.4. The van der Waals surface area contributed by atoms with Crippen molar-refractivity contribution in [1.82, 2.24) is 0 Å². The number of rotatable bonds is 7. The third-order valence-corrected chi connectivity index (χ3v) is 3.13. The summed E-state index contributed by atoms with van der Waals surface area (Å²) in [6.45, 7) is 6.74. The number of benzene rings is 1. The molecule has 1 aromatic rings. The molecule has 0 radical (unpaired) electrons. The van der Waals surface area contributed by atoms with Crippen LogP contribution in [-0.4, -0.2) is 25.9 Å². The maximum atomic E-state index is 13.6. The number of hydrogen-bond donors (Lipinski definition) is 1.